The third-order valence-electron chi connectivity index (χ3n) is 7.58. The molecular formula is C26H30Cl2Si2Zr. The summed E-state index contributed by atoms with van der Waals surface area (Å²) in [6.45, 7) is 5.08. The summed E-state index contributed by atoms with van der Waals surface area (Å²) in [7, 11) is -1.97. The number of fused-ring (bicyclic) bond motifs is 2. The van der Waals surface area contributed by atoms with Crippen LogP contribution < -0.4 is 35.2 Å². The molecule has 2 fully saturated rings. The van der Waals surface area contributed by atoms with Gasteiger partial charge in [0.05, 0.1) is 0 Å². The first-order valence-corrected chi connectivity index (χ1v) is 16.7. The molecule has 0 radical (unpaired) electrons. The average Bonchev–Trinajstić information content (AvgIpc) is 3.29. The zero-order chi connectivity index (χ0) is 19.2. The van der Waals surface area contributed by atoms with Gasteiger partial charge in [-0.05, 0) is 0 Å². The van der Waals surface area contributed by atoms with Crippen molar-refractivity contribution in [2.24, 2.45) is 0 Å². The van der Waals surface area contributed by atoms with Crippen LogP contribution in [-0.4, -0.2) is 16.1 Å². The van der Waals surface area contributed by atoms with Gasteiger partial charge in [-0.2, -0.15) is 24.3 Å². The van der Waals surface area contributed by atoms with Crippen LogP contribution in [0.4, 0.5) is 0 Å². The molecule has 0 N–H and O–H groups in total. The molecule has 2 heterocycles. The molecule has 0 nitrogen and oxygen atoms in total. The largest absolute Gasteiger partial charge is 4.00 e. The number of rotatable bonds is 2. The van der Waals surface area contributed by atoms with Crippen molar-refractivity contribution in [3.8, 4) is 0 Å². The second-order valence-electron chi connectivity index (χ2n) is 9.50. The van der Waals surface area contributed by atoms with Crippen LogP contribution >= 0.6 is 0 Å². The Morgan fingerprint density at radius 1 is 0.581 bits per heavy atom. The predicted molar refractivity (Wildman–Crippen MR) is 130 cm³/mol. The number of hydrogen-bond acceptors (Lipinski definition) is 0. The molecule has 2 aliphatic rings. The van der Waals surface area contributed by atoms with Gasteiger partial charge in [-0.25, -0.2) is 0 Å². The summed E-state index contributed by atoms with van der Waals surface area (Å²) in [4.78, 5) is 0. The SMILES string of the molecule is C[Si]1([c-]2ccc3ccccc32)CCC1.C[Si]1([c-]2ccc3ccccc32)CCC1.[Cl-].[Cl-].[Zr+4]. The monoisotopic (exact) mass is 558 g/mol. The fraction of sp³-hybridized carbons (Fsp3) is 0.308. The first-order chi connectivity index (χ1) is 13.6. The van der Waals surface area contributed by atoms with E-state index < -0.39 is 16.1 Å². The summed E-state index contributed by atoms with van der Waals surface area (Å²) in [5.41, 5.74) is 0. The second-order valence-corrected chi connectivity index (χ2v) is 18.8. The maximum atomic E-state index is 2.54. The van der Waals surface area contributed by atoms with E-state index in [1.165, 1.54) is 58.6 Å². The van der Waals surface area contributed by atoms with Gasteiger partial charge in [-0.15, -0.1) is 68.3 Å². The maximum absolute atomic E-state index is 2.54. The molecule has 2 saturated heterocycles. The summed E-state index contributed by atoms with van der Waals surface area (Å²) in [6.07, 6.45) is 2.92. The van der Waals surface area contributed by atoms with Crippen molar-refractivity contribution in [1.29, 1.82) is 0 Å². The van der Waals surface area contributed by atoms with Crippen molar-refractivity contribution in [2.45, 2.75) is 50.1 Å². The Labute approximate surface area is 220 Å². The molecule has 160 valence electrons. The number of benzene rings is 2. The van der Waals surface area contributed by atoms with Crippen LogP contribution in [0.25, 0.3) is 21.5 Å². The van der Waals surface area contributed by atoms with Gasteiger partial charge in [0.25, 0.3) is 0 Å². The Kier molecular flexibility index (Phi) is 9.22. The molecule has 31 heavy (non-hydrogen) atoms. The van der Waals surface area contributed by atoms with Gasteiger partial charge in [0.1, 0.15) is 0 Å². The van der Waals surface area contributed by atoms with Crippen molar-refractivity contribution in [1.82, 2.24) is 0 Å². The summed E-state index contributed by atoms with van der Waals surface area (Å²) in [5, 5.41) is 9.34. The predicted octanol–water partition coefficient (Wildman–Crippen LogP) is 0.502. The van der Waals surface area contributed by atoms with E-state index in [1.807, 2.05) is 0 Å². The molecular weight excluding hydrogens is 531 g/mol. The summed E-state index contributed by atoms with van der Waals surface area (Å²) >= 11 is 0. The van der Waals surface area contributed by atoms with Crippen LogP contribution in [0, 0.1) is 0 Å². The molecule has 4 aromatic carbocycles. The molecule has 0 unspecified atom stereocenters. The van der Waals surface area contributed by atoms with Crippen molar-refractivity contribution in [3.63, 3.8) is 0 Å². The van der Waals surface area contributed by atoms with Gasteiger partial charge in [-0.3, -0.25) is 0 Å². The zero-order valence-electron chi connectivity index (χ0n) is 18.4. The number of halogens is 2. The molecule has 6 rings (SSSR count). The molecule has 4 aromatic rings. The van der Waals surface area contributed by atoms with Crippen LogP contribution in [0.15, 0.2) is 72.8 Å². The van der Waals surface area contributed by atoms with E-state index >= 15 is 0 Å². The Balaban J connectivity index is 0.000000201. The topological polar surface area (TPSA) is 0 Å². The molecule has 2 aliphatic heterocycles. The third kappa shape index (κ3) is 4.92. The van der Waals surface area contributed by atoms with Crippen molar-refractivity contribution in [3.05, 3.63) is 72.8 Å². The van der Waals surface area contributed by atoms with Crippen molar-refractivity contribution in [2.75, 3.05) is 0 Å². The minimum atomic E-state index is -0.985. The minimum absolute atomic E-state index is 0. The Bertz CT molecular complexity index is 1030. The van der Waals surface area contributed by atoms with Crippen LogP contribution in [0.5, 0.6) is 0 Å². The van der Waals surface area contributed by atoms with Crippen LogP contribution in [0.3, 0.4) is 0 Å². The molecule has 5 heteroatoms. The van der Waals surface area contributed by atoms with Gasteiger partial charge in [0, 0.05) is 16.1 Å². The quantitative estimate of drug-likeness (QED) is 0.248. The van der Waals surface area contributed by atoms with Gasteiger partial charge in [-0.1, -0.05) is 62.2 Å². The summed E-state index contributed by atoms with van der Waals surface area (Å²) in [5.74, 6) is 0. The Hall–Kier alpha value is -0.443. The fourth-order valence-electron chi connectivity index (χ4n) is 5.31. The van der Waals surface area contributed by atoms with Crippen LogP contribution in [-0.2, 0) is 26.2 Å². The van der Waals surface area contributed by atoms with Crippen molar-refractivity contribution >= 4 is 48.1 Å². The van der Waals surface area contributed by atoms with E-state index in [1.54, 1.807) is 10.4 Å². The second kappa shape index (κ2) is 10.7. The molecule has 0 atom stereocenters. The molecule has 0 aromatic heterocycles. The number of hydrogen-bond donors (Lipinski definition) is 0. The van der Waals surface area contributed by atoms with Crippen molar-refractivity contribution < 1.29 is 51.0 Å². The first-order valence-electron chi connectivity index (χ1n) is 10.9. The van der Waals surface area contributed by atoms with E-state index in [0.29, 0.717) is 0 Å². The smallest absolute Gasteiger partial charge is 1.00 e. The Morgan fingerprint density at radius 2 is 0.935 bits per heavy atom. The maximum Gasteiger partial charge on any atom is 4.00 e. The molecule has 0 saturated carbocycles. The van der Waals surface area contributed by atoms with Gasteiger partial charge < -0.3 is 24.8 Å². The minimum Gasteiger partial charge on any atom is -1.00 e. The van der Waals surface area contributed by atoms with E-state index in [4.69, 9.17) is 0 Å². The van der Waals surface area contributed by atoms with Crippen LogP contribution in [0.2, 0.25) is 37.3 Å². The summed E-state index contributed by atoms with van der Waals surface area (Å²) in [6, 6.07) is 33.0. The normalized spacial score (nSPS) is 17.6. The molecule has 0 amide bonds. The first kappa shape index (κ1) is 26.8. The summed E-state index contributed by atoms with van der Waals surface area (Å²) < 4.78 is 0. The van der Waals surface area contributed by atoms with Crippen LogP contribution in [0.1, 0.15) is 12.8 Å². The van der Waals surface area contributed by atoms with Gasteiger partial charge in [0.15, 0.2) is 0 Å². The van der Waals surface area contributed by atoms with E-state index in [-0.39, 0.29) is 51.0 Å². The zero-order valence-corrected chi connectivity index (χ0v) is 24.4. The Morgan fingerprint density at radius 3 is 1.26 bits per heavy atom. The van der Waals surface area contributed by atoms with Gasteiger partial charge >= 0.3 is 26.2 Å². The van der Waals surface area contributed by atoms with E-state index in [9.17, 15) is 0 Å². The molecule has 0 spiro atoms. The van der Waals surface area contributed by atoms with Gasteiger partial charge in [0.2, 0.25) is 0 Å². The molecule has 0 bridgehead atoms. The van der Waals surface area contributed by atoms with E-state index in [2.05, 4.69) is 85.9 Å². The third-order valence-corrected chi connectivity index (χ3v) is 16.9. The average molecular weight is 561 g/mol. The molecule has 0 aliphatic carbocycles. The van der Waals surface area contributed by atoms with E-state index in [0.717, 1.165) is 0 Å². The standard InChI is InChI=1S/2C13H15Si.2ClH.Zr/c2*1-14(9-4-10-14)13-8-7-11-5-2-3-6-12(11)13;;;/h2*2-3,5-8H,4,9-10H2,1H3;2*1H;/q2*-1;;;+4/p-2. The fourth-order valence-corrected chi connectivity index (χ4v) is 11.9.